The largest absolute Gasteiger partial charge is 0.379 e. The second-order valence-corrected chi connectivity index (χ2v) is 7.02. The first kappa shape index (κ1) is 19.4. The predicted octanol–water partition coefficient (Wildman–Crippen LogP) is 2.15. The van der Waals surface area contributed by atoms with Crippen molar-refractivity contribution in [3.8, 4) is 5.82 Å². The summed E-state index contributed by atoms with van der Waals surface area (Å²) < 4.78 is 22.4. The molecule has 0 aliphatic carbocycles. The van der Waals surface area contributed by atoms with Crippen LogP contribution in [0.5, 0.6) is 0 Å². The number of carbonyl (C=O) groups excluding carboxylic acids is 1. The van der Waals surface area contributed by atoms with Gasteiger partial charge in [-0.25, -0.2) is 4.39 Å². The van der Waals surface area contributed by atoms with Crippen LogP contribution in [0.15, 0.2) is 55.0 Å². The Morgan fingerprint density at radius 3 is 2.59 bits per heavy atom. The van der Waals surface area contributed by atoms with Gasteiger partial charge in [0, 0.05) is 39.1 Å². The topological polar surface area (TPSA) is 64.3 Å². The molecule has 1 unspecified atom stereocenters. The molecule has 29 heavy (non-hydrogen) atoms. The van der Waals surface area contributed by atoms with Crippen LogP contribution in [0.2, 0.25) is 0 Å². The van der Waals surface area contributed by atoms with E-state index in [1.807, 2.05) is 29.1 Å². The Bertz CT molecular complexity index is 946. The molecule has 2 aromatic heterocycles. The lowest BCUT2D eigenvalue weighted by Crippen LogP contribution is -2.43. The highest BCUT2D eigenvalue weighted by molar-refractivity contribution is 5.97. The normalized spacial score (nSPS) is 15.9. The van der Waals surface area contributed by atoms with E-state index in [0.717, 1.165) is 18.7 Å². The molecule has 1 N–H and O–H groups in total. The minimum absolute atomic E-state index is 0.0600. The standard InChI is InChI=1S/C21H24FN5O2/c1-25-21(27-8-2-3-9-27)18(14-24-25)20(28)23-15-19(26-10-12-29-13-11-26)16-4-6-17(22)7-5-16/h2-9,14,19H,10-13,15H2,1H3,(H,23,28). The van der Waals surface area contributed by atoms with Crippen LogP contribution in [0.25, 0.3) is 5.82 Å². The number of carbonyl (C=O) groups is 1. The molecule has 3 heterocycles. The van der Waals surface area contributed by atoms with Gasteiger partial charge in [0.2, 0.25) is 0 Å². The van der Waals surface area contributed by atoms with Crippen molar-refractivity contribution in [2.75, 3.05) is 32.8 Å². The van der Waals surface area contributed by atoms with Crippen molar-refractivity contribution in [1.82, 2.24) is 24.6 Å². The van der Waals surface area contributed by atoms with E-state index in [-0.39, 0.29) is 17.8 Å². The number of amides is 1. The number of nitrogens with one attached hydrogen (secondary N) is 1. The van der Waals surface area contributed by atoms with E-state index < -0.39 is 0 Å². The van der Waals surface area contributed by atoms with Gasteiger partial charge in [-0.2, -0.15) is 5.10 Å². The Hall–Kier alpha value is -2.97. The maximum absolute atomic E-state index is 13.4. The van der Waals surface area contributed by atoms with Gasteiger partial charge in [0.05, 0.1) is 25.5 Å². The molecule has 1 aromatic carbocycles. The number of halogens is 1. The third-order valence-electron chi connectivity index (χ3n) is 5.20. The second kappa shape index (κ2) is 8.59. The fourth-order valence-corrected chi connectivity index (χ4v) is 3.69. The van der Waals surface area contributed by atoms with E-state index in [2.05, 4.69) is 15.3 Å². The Morgan fingerprint density at radius 1 is 1.21 bits per heavy atom. The van der Waals surface area contributed by atoms with Crippen LogP contribution in [0.1, 0.15) is 22.0 Å². The van der Waals surface area contributed by atoms with Crippen molar-refractivity contribution >= 4 is 5.91 Å². The lowest BCUT2D eigenvalue weighted by Gasteiger charge is -2.35. The number of nitrogens with zero attached hydrogens (tertiary/aromatic N) is 4. The summed E-state index contributed by atoms with van der Waals surface area (Å²) in [4.78, 5) is 15.2. The van der Waals surface area contributed by atoms with E-state index in [0.29, 0.717) is 31.1 Å². The zero-order valence-corrected chi connectivity index (χ0v) is 16.3. The summed E-state index contributed by atoms with van der Waals surface area (Å²) in [6, 6.07) is 10.2. The lowest BCUT2D eigenvalue weighted by molar-refractivity contribution is 0.0162. The third kappa shape index (κ3) is 4.23. The summed E-state index contributed by atoms with van der Waals surface area (Å²) in [5.41, 5.74) is 1.47. The summed E-state index contributed by atoms with van der Waals surface area (Å²) in [6.45, 7) is 3.22. The molecule has 1 saturated heterocycles. The summed E-state index contributed by atoms with van der Waals surface area (Å²) in [5.74, 6) is 0.240. The van der Waals surface area contributed by atoms with Crippen LogP contribution in [-0.2, 0) is 11.8 Å². The second-order valence-electron chi connectivity index (χ2n) is 7.02. The highest BCUT2D eigenvalue weighted by atomic mass is 19.1. The molecule has 1 atom stereocenters. The summed E-state index contributed by atoms with van der Waals surface area (Å²) in [7, 11) is 1.81. The maximum Gasteiger partial charge on any atom is 0.256 e. The van der Waals surface area contributed by atoms with Crippen LogP contribution in [0.3, 0.4) is 0 Å². The molecule has 1 aliphatic rings. The van der Waals surface area contributed by atoms with E-state index in [1.165, 1.54) is 12.1 Å². The van der Waals surface area contributed by atoms with Gasteiger partial charge in [-0.1, -0.05) is 12.1 Å². The first-order chi connectivity index (χ1) is 14.1. The number of benzene rings is 1. The molecule has 1 aliphatic heterocycles. The minimum Gasteiger partial charge on any atom is -0.379 e. The van der Waals surface area contributed by atoms with Crippen LogP contribution >= 0.6 is 0 Å². The Kier molecular flexibility index (Phi) is 5.73. The Morgan fingerprint density at radius 2 is 1.90 bits per heavy atom. The summed E-state index contributed by atoms with van der Waals surface area (Å²) >= 11 is 0. The highest BCUT2D eigenvalue weighted by Crippen LogP contribution is 2.22. The molecule has 1 amide bonds. The molecule has 0 saturated carbocycles. The van der Waals surface area contributed by atoms with Gasteiger partial charge in [0.15, 0.2) is 0 Å². The number of rotatable bonds is 6. The minimum atomic E-state index is -0.273. The van der Waals surface area contributed by atoms with Crippen LogP contribution in [0, 0.1) is 5.82 Å². The fourth-order valence-electron chi connectivity index (χ4n) is 3.69. The SMILES string of the molecule is Cn1ncc(C(=O)NCC(c2ccc(F)cc2)N2CCOCC2)c1-n1cccc1. The molecule has 7 nitrogen and oxygen atoms in total. The molecule has 8 heteroatoms. The molecule has 1 fully saturated rings. The van der Waals surface area contributed by atoms with Crippen molar-refractivity contribution in [2.45, 2.75) is 6.04 Å². The third-order valence-corrected chi connectivity index (χ3v) is 5.20. The van der Waals surface area contributed by atoms with E-state index in [1.54, 1.807) is 30.1 Å². The van der Waals surface area contributed by atoms with E-state index in [9.17, 15) is 9.18 Å². The van der Waals surface area contributed by atoms with Crippen LogP contribution < -0.4 is 5.32 Å². The van der Waals surface area contributed by atoms with Gasteiger partial charge < -0.3 is 14.6 Å². The van der Waals surface area contributed by atoms with Crippen molar-refractivity contribution in [3.63, 3.8) is 0 Å². The van der Waals surface area contributed by atoms with E-state index in [4.69, 9.17) is 4.74 Å². The van der Waals surface area contributed by atoms with Crippen LogP contribution in [-0.4, -0.2) is 58.0 Å². The molecule has 152 valence electrons. The molecule has 0 radical (unpaired) electrons. The molecular weight excluding hydrogens is 373 g/mol. The van der Waals surface area contributed by atoms with E-state index >= 15 is 0 Å². The number of ether oxygens (including phenoxy) is 1. The van der Waals surface area contributed by atoms with Gasteiger partial charge in [-0.15, -0.1) is 0 Å². The van der Waals surface area contributed by atoms with Crippen molar-refractivity contribution in [2.24, 2.45) is 7.05 Å². The molecule has 4 rings (SSSR count). The number of hydrogen-bond acceptors (Lipinski definition) is 4. The number of morpholine rings is 1. The number of hydrogen-bond donors (Lipinski definition) is 1. The van der Waals surface area contributed by atoms with Crippen molar-refractivity contribution < 1.29 is 13.9 Å². The number of aromatic nitrogens is 3. The first-order valence-electron chi connectivity index (χ1n) is 9.64. The van der Waals surface area contributed by atoms with Gasteiger partial charge >= 0.3 is 0 Å². The fraction of sp³-hybridized carbons (Fsp3) is 0.333. The number of aryl methyl sites for hydroxylation is 1. The summed E-state index contributed by atoms with van der Waals surface area (Å²) in [6.07, 6.45) is 5.33. The first-order valence-corrected chi connectivity index (χ1v) is 9.64. The predicted molar refractivity (Wildman–Crippen MR) is 106 cm³/mol. The van der Waals surface area contributed by atoms with Gasteiger partial charge in [0.25, 0.3) is 5.91 Å². The van der Waals surface area contributed by atoms with Crippen molar-refractivity contribution in [3.05, 3.63) is 71.9 Å². The zero-order chi connectivity index (χ0) is 20.2. The van der Waals surface area contributed by atoms with Gasteiger partial charge in [-0.05, 0) is 29.8 Å². The van der Waals surface area contributed by atoms with Crippen molar-refractivity contribution in [1.29, 1.82) is 0 Å². The molecule has 0 bridgehead atoms. The lowest BCUT2D eigenvalue weighted by atomic mass is 10.0. The molecule has 3 aromatic rings. The Balaban J connectivity index is 1.53. The quantitative estimate of drug-likeness (QED) is 0.692. The van der Waals surface area contributed by atoms with Crippen LogP contribution in [0.4, 0.5) is 4.39 Å². The monoisotopic (exact) mass is 397 g/mol. The molecular formula is C21H24FN5O2. The average Bonchev–Trinajstić information content (AvgIpc) is 3.39. The summed E-state index contributed by atoms with van der Waals surface area (Å²) in [5, 5.41) is 7.29. The highest BCUT2D eigenvalue weighted by Gasteiger charge is 2.25. The Labute approximate surface area is 168 Å². The van der Waals surface area contributed by atoms with Gasteiger partial charge in [-0.3, -0.25) is 14.4 Å². The smallest absolute Gasteiger partial charge is 0.256 e. The zero-order valence-electron chi connectivity index (χ0n) is 16.3. The average molecular weight is 397 g/mol. The molecule has 0 spiro atoms. The maximum atomic E-state index is 13.4. The van der Waals surface area contributed by atoms with Gasteiger partial charge in [0.1, 0.15) is 17.2 Å².